The Morgan fingerprint density at radius 1 is 1.33 bits per heavy atom. The normalized spacial score (nSPS) is 16.7. The maximum absolute atomic E-state index is 13.6. The Labute approximate surface area is 141 Å². The van der Waals surface area contributed by atoms with Crippen LogP contribution in [0.25, 0.3) is 10.9 Å². The van der Waals surface area contributed by atoms with Crippen LogP contribution in [-0.2, 0) is 0 Å². The number of carbonyl (C=O) groups excluding carboxylic acids is 1. The van der Waals surface area contributed by atoms with Gasteiger partial charge in [-0.3, -0.25) is 4.79 Å². The maximum Gasteiger partial charge on any atom is 0.255 e. The molecule has 1 aliphatic rings. The van der Waals surface area contributed by atoms with Gasteiger partial charge in [-0.2, -0.15) is 4.68 Å². The number of nitrogens with zero attached hydrogens (tertiary/aromatic N) is 2. The highest BCUT2D eigenvalue weighted by atomic mass is 35.5. The van der Waals surface area contributed by atoms with Crippen molar-refractivity contribution in [3.8, 4) is 5.75 Å². The largest absolute Gasteiger partial charge is 0.493 e. The standard InChI is InChI=1S/C17H13ClFN3O2/c18-9-1-4-15-13(7-9)11(5-6-24-15)17(23)22-14-8-10(19)2-3-12(14)16(20)21-22/h1-4,7-8,11H,5-6H2,(H2,20,21). The van der Waals surface area contributed by atoms with Crippen LogP contribution in [0, 0.1) is 5.82 Å². The molecule has 0 radical (unpaired) electrons. The summed E-state index contributed by atoms with van der Waals surface area (Å²) in [4.78, 5) is 13.0. The molecule has 0 amide bonds. The lowest BCUT2D eigenvalue weighted by atomic mass is 9.92. The lowest BCUT2D eigenvalue weighted by molar-refractivity contribution is 0.0839. The van der Waals surface area contributed by atoms with Crippen molar-refractivity contribution in [1.82, 2.24) is 9.78 Å². The second-order valence-corrected chi connectivity index (χ2v) is 6.11. The smallest absolute Gasteiger partial charge is 0.255 e. The Morgan fingerprint density at radius 2 is 2.17 bits per heavy atom. The summed E-state index contributed by atoms with van der Waals surface area (Å²) in [6.07, 6.45) is 0.489. The van der Waals surface area contributed by atoms with E-state index in [1.165, 1.54) is 22.9 Å². The van der Waals surface area contributed by atoms with Crippen LogP contribution in [0.5, 0.6) is 5.75 Å². The van der Waals surface area contributed by atoms with Crippen molar-refractivity contribution in [3.05, 3.63) is 52.8 Å². The molecule has 1 aliphatic heterocycles. The predicted molar refractivity (Wildman–Crippen MR) is 89.0 cm³/mol. The van der Waals surface area contributed by atoms with E-state index >= 15 is 0 Å². The summed E-state index contributed by atoms with van der Waals surface area (Å²) in [6.45, 7) is 0.411. The van der Waals surface area contributed by atoms with Crippen LogP contribution < -0.4 is 10.5 Å². The molecular formula is C17H13ClFN3O2. The molecule has 1 aromatic heterocycles. The van der Waals surface area contributed by atoms with E-state index < -0.39 is 11.7 Å². The zero-order valence-electron chi connectivity index (χ0n) is 12.5. The molecule has 24 heavy (non-hydrogen) atoms. The van der Waals surface area contributed by atoms with Gasteiger partial charge in [0.05, 0.1) is 18.0 Å². The number of nitrogen functional groups attached to an aromatic ring is 1. The molecule has 3 aromatic rings. The Morgan fingerprint density at radius 3 is 3.00 bits per heavy atom. The topological polar surface area (TPSA) is 70.1 Å². The van der Waals surface area contributed by atoms with Gasteiger partial charge in [0, 0.05) is 22.0 Å². The van der Waals surface area contributed by atoms with E-state index in [1.54, 1.807) is 18.2 Å². The number of aromatic nitrogens is 2. The second kappa shape index (κ2) is 5.49. The average molecular weight is 346 g/mol. The van der Waals surface area contributed by atoms with Crippen LogP contribution in [0.4, 0.5) is 10.2 Å². The van der Waals surface area contributed by atoms with E-state index in [2.05, 4.69) is 5.10 Å². The fourth-order valence-corrected chi connectivity index (χ4v) is 3.23. The molecule has 0 bridgehead atoms. The number of nitrogens with two attached hydrogens (primary N) is 1. The van der Waals surface area contributed by atoms with Crippen molar-refractivity contribution in [2.24, 2.45) is 0 Å². The molecule has 4 rings (SSSR count). The second-order valence-electron chi connectivity index (χ2n) is 5.67. The molecule has 0 saturated heterocycles. The van der Waals surface area contributed by atoms with Crippen molar-refractivity contribution in [2.75, 3.05) is 12.3 Å². The number of halogens is 2. The van der Waals surface area contributed by atoms with Gasteiger partial charge >= 0.3 is 0 Å². The van der Waals surface area contributed by atoms with Gasteiger partial charge < -0.3 is 10.5 Å². The number of rotatable bonds is 1. The molecule has 0 saturated carbocycles. The molecule has 1 unspecified atom stereocenters. The van der Waals surface area contributed by atoms with Gasteiger partial charge in [0.2, 0.25) is 0 Å². The van der Waals surface area contributed by atoms with Crippen LogP contribution in [0.2, 0.25) is 5.02 Å². The molecule has 0 spiro atoms. The Hall–Kier alpha value is -2.60. The average Bonchev–Trinajstić information content (AvgIpc) is 2.89. The van der Waals surface area contributed by atoms with E-state index in [9.17, 15) is 9.18 Å². The van der Waals surface area contributed by atoms with E-state index in [1.807, 2.05) is 0 Å². The molecular weight excluding hydrogens is 333 g/mol. The van der Waals surface area contributed by atoms with E-state index in [-0.39, 0.29) is 11.7 Å². The molecule has 5 nitrogen and oxygen atoms in total. The minimum absolute atomic E-state index is 0.191. The summed E-state index contributed by atoms with van der Waals surface area (Å²) in [5.74, 6) is -0.393. The third-order valence-electron chi connectivity index (χ3n) is 4.19. The number of fused-ring (bicyclic) bond motifs is 2. The van der Waals surface area contributed by atoms with Crippen LogP contribution in [0.1, 0.15) is 22.7 Å². The predicted octanol–water partition coefficient (Wildman–Crippen LogP) is 3.62. The summed E-state index contributed by atoms with van der Waals surface area (Å²) in [6, 6.07) is 9.24. The van der Waals surface area contributed by atoms with E-state index in [4.69, 9.17) is 22.1 Å². The number of anilines is 1. The minimum atomic E-state index is -0.474. The lowest BCUT2D eigenvalue weighted by Gasteiger charge is -2.25. The SMILES string of the molecule is Nc1nn(C(=O)C2CCOc3ccc(Cl)cc32)c2cc(F)ccc12. The number of benzene rings is 2. The highest BCUT2D eigenvalue weighted by Crippen LogP contribution is 2.37. The molecule has 2 N–H and O–H groups in total. The zero-order chi connectivity index (χ0) is 16.8. The highest BCUT2D eigenvalue weighted by molar-refractivity contribution is 6.30. The van der Waals surface area contributed by atoms with Gasteiger partial charge in [-0.1, -0.05) is 11.6 Å². The van der Waals surface area contributed by atoms with E-state index in [0.29, 0.717) is 40.3 Å². The van der Waals surface area contributed by atoms with Gasteiger partial charge in [0.25, 0.3) is 5.91 Å². The summed E-state index contributed by atoms with van der Waals surface area (Å²) in [5, 5.41) is 5.17. The Balaban J connectivity index is 1.84. The minimum Gasteiger partial charge on any atom is -0.493 e. The number of hydrogen-bond donors (Lipinski definition) is 1. The van der Waals surface area contributed by atoms with Crippen LogP contribution in [-0.4, -0.2) is 22.3 Å². The lowest BCUT2D eigenvalue weighted by Crippen LogP contribution is -2.26. The molecule has 2 heterocycles. The van der Waals surface area contributed by atoms with Crippen molar-refractivity contribution in [2.45, 2.75) is 12.3 Å². The van der Waals surface area contributed by atoms with Crippen molar-refractivity contribution < 1.29 is 13.9 Å². The summed E-state index contributed by atoms with van der Waals surface area (Å²) >= 11 is 6.05. The molecule has 122 valence electrons. The molecule has 0 aliphatic carbocycles. The molecule has 1 atom stereocenters. The number of ether oxygens (including phenoxy) is 1. The highest BCUT2D eigenvalue weighted by Gasteiger charge is 2.30. The van der Waals surface area contributed by atoms with E-state index in [0.717, 1.165) is 0 Å². The zero-order valence-corrected chi connectivity index (χ0v) is 13.3. The Bertz CT molecular complexity index is 970. The first-order valence-electron chi connectivity index (χ1n) is 7.45. The molecule has 7 heteroatoms. The van der Waals surface area contributed by atoms with Gasteiger partial charge in [-0.15, -0.1) is 5.10 Å². The monoisotopic (exact) mass is 345 g/mol. The van der Waals surface area contributed by atoms with Crippen molar-refractivity contribution in [1.29, 1.82) is 0 Å². The van der Waals surface area contributed by atoms with Gasteiger partial charge in [0.15, 0.2) is 5.82 Å². The molecule has 2 aromatic carbocycles. The summed E-state index contributed by atoms with van der Waals surface area (Å²) in [5.41, 5.74) is 6.92. The summed E-state index contributed by atoms with van der Waals surface area (Å²) < 4.78 is 20.3. The quantitative estimate of drug-likeness (QED) is 0.731. The number of carbonyl (C=O) groups is 1. The first kappa shape index (κ1) is 15.0. The fraction of sp³-hybridized carbons (Fsp3) is 0.176. The van der Waals surface area contributed by atoms with Gasteiger partial charge in [-0.05, 0) is 36.8 Å². The fourth-order valence-electron chi connectivity index (χ4n) is 3.05. The molecule has 0 fully saturated rings. The van der Waals surface area contributed by atoms with Crippen molar-refractivity contribution >= 4 is 34.2 Å². The maximum atomic E-state index is 13.6. The summed E-state index contributed by atoms with van der Waals surface area (Å²) in [7, 11) is 0. The van der Waals surface area contributed by atoms with Crippen molar-refractivity contribution in [3.63, 3.8) is 0 Å². The van der Waals surface area contributed by atoms with Crippen LogP contribution >= 0.6 is 11.6 Å². The third kappa shape index (κ3) is 2.30. The Kier molecular flexibility index (Phi) is 3.42. The van der Waals surface area contributed by atoms with Gasteiger partial charge in [-0.25, -0.2) is 4.39 Å². The first-order valence-corrected chi connectivity index (χ1v) is 7.82. The van der Waals surface area contributed by atoms with Crippen LogP contribution in [0.3, 0.4) is 0 Å². The third-order valence-corrected chi connectivity index (χ3v) is 4.42. The number of hydrogen-bond acceptors (Lipinski definition) is 4. The van der Waals surface area contributed by atoms with Gasteiger partial charge in [0.1, 0.15) is 11.6 Å². The first-order chi connectivity index (χ1) is 11.5. The van der Waals surface area contributed by atoms with Crippen LogP contribution in [0.15, 0.2) is 36.4 Å².